The van der Waals surface area contributed by atoms with Gasteiger partial charge in [0.2, 0.25) is 0 Å². The molecule has 0 aromatic heterocycles. The lowest BCUT2D eigenvalue weighted by Gasteiger charge is -2.13. The number of ether oxygens (including phenoxy) is 1. The Kier molecular flexibility index (Phi) is 3.65. The van der Waals surface area contributed by atoms with Crippen LogP contribution < -0.4 is 4.74 Å². The Labute approximate surface area is 130 Å². The summed E-state index contributed by atoms with van der Waals surface area (Å²) in [4.78, 5) is 0. The molecular weight excluding hydrogens is 313 g/mol. The molecule has 0 saturated carbocycles. The van der Waals surface area contributed by atoms with Crippen LogP contribution >= 0.6 is 11.6 Å². The number of alkyl halides is 3. The Morgan fingerprint density at radius 1 is 0.955 bits per heavy atom. The molecule has 0 amide bonds. The van der Waals surface area contributed by atoms with E-state index in [1.54, 1.807) is 19.1 Å². The second-order valence-corrected chi connectivity index (χ2v) is 5.59. The summed E-state index contributed by atoms with van der Waals surface area (Å²) in [5, 5.41) is 4.39. The molecule has 0 aliphatic carbocycles. The molecule has 0 radical (unpaired) electrons. The van der Waals surface area contributed by atoms with Crippen molar-refractivity contribution in [1.29, 1.82) is 0 Å². The van der Waals surface area contributed by atoms with Crippen molar-refractivity contribution in [2.24, 2.45) is 0 Å². The van der Waals surface area contributed by atoms with Crippen molar-refractivity contribution in [2.45, 2.75) is 13.1 Å². The Balaban J connectivity index is 2.10. The van der Waals surface area contributed by atoms with Crippen LogP contribution in [0.15, 0.2) is 42.5 Å². The van der Waals surface area contributed by atoms with E-state index in [1.807, 2.05) is 30.3 Å². The fraction of sp³-hybridized carbons (Fsp3) is 0.176. The normalized spacial score (nSPS) is 12.0. The minimum absolute atomic E-state index is 0.242. The minimum Gasteiger partial charge on any atom is -0.484 e. The lowest BCUT2D eigenvalue weighted by atomic mass is 10.00. The first-order chi connectivity index (χ1) is 10.3. The fourth-order valence-electron chi connectivity index (χ4n) is 2.49. The molecule has 3 rings (SSSR count). The van der Waals surface area contributed by atoms with E-state index >= 15 is 0 Å². The Morgan fingerprint density at radius 2 is 1.68 bits per heavy atom. The van der Waals surface area contributed by atoms with Crippen molar-refractivity contribution in [1.82, 2.24) is 0 Å². The van der Waals surface area contributed by atoms with E-state index in [0.717, 1.165) is 21.5 Å². The zero-order valence-corrected chi connectivity index (χ0v) is 12.4. The lowest BCUT2D eigenvalue weighted by molar-refractivity contribution is -0.153. The Bertz CT molecular complexity index is 856. The van der Waals surface area contributed by atoms with Gasteiger partial charge in [-0.05, 0) is 64.4 Å². The molecule has 3 aromatic rings. The van der Waals surface area contributed by atoms with E-state index in [0.29, 0.717) is 10.6 Å². The minimum atomic E-state index is -4.35. The van der Waals surface area contributed by atoms with Crippen molar-refractivity contribution in [3.8, 4) is 5.75 Å². The van der Waals surface area contributed by atoms with Gasteiger partial charge in [-0.15, -0.1) is 0 Å². The van der Waals surface area contributed by atoms with Gasteiger partial charge in [0.05, 0.1) is 0 Å². The Hall–Kier alpha value is -1.94. The van der Waals surface area contributed by atoms with Gasteiger partial charge in [0.15, 0.2) is 6.61 Å². The van der Waals surface area contributed by atoms with Gasteiger partial charge in [0.1, 0.15) is 5.75 Å². The van der Waals surface area contributed by atoms with E-state index in [1.165, 1.54) is 0 Å². The third-order valence-corrected chi connectivity index (χ3v) is 3.78. The molecule has 5 heteroatoms. The van der Waals surface area contributed by atoms with Crippen LogP contribution in [0.3, 0.4) is 0 Å². The second-order valence-electron chi connectivity index (χ2n) is 5.16. The summed E-state index contributed by atoms with van der Waals surface area (Å²) in [6.07, 6.45) is -4.35. The van der Waals surface area contributed by atoms with Crippen LogP contribution in [-0.4, -0.2) is 12.8 Å². The molecular formula is C17H12ClF3O. The van der Waals surface area contributed by atoms with E-state index in [2.05, 4.69) is 0 Å². The molecule has 0 unspecified atom stereocenters. The highest BCUT2D eigenvalue weighted by molar-refractivity contribution is 6.31. The predicted octanol–water partition coefficient (Wildman–Crippen LogP) is 5.90. The fourth-order valence-corrected chi connectivity index (χ4v) is 2.67. The van der Waals surface area contributed by atoms with Crippen LogP contribution in [0.5, 0.6) is 5.75 Å². The topological polar surface area (TPSA) is 9.23 Å². The number of hydrogen-bond acceptors (Lipinski definition) is 1. The van der Waals surface area contributed by atoms with Crippen molar-refractivity contribution in [2.75, 3.05) is 6.61 Å². The number of fused-ring (bicyclic) bond motifs is 2. The quantitative estimate of drug-likeness (QED) is 0.533. The molecule has 0 saturated heterocycles. The first-order valence-electron chi connectivity index (χ1n) is 6.66. The number of benzene rings is 3. The molecule has 0 fully saturated rings. The van der Waals surface area contributed by atoms with E-state index < -0.39 is 12.8 Å². The van der Waals surface area contributed by atoms with Crippen LogP contribution in [0.1, 0.15) is 5.56 Å². The average Bonchev–Trinajstić information content (AvgIpc) is 2.44. The van der Waals surface area contributed by atoms with Crippen molar-refractivity contribution in [3.05, 3.63) is 53.1 Å². The third kappa shape index (κ3) is 2.97. The summed E-state index contributed by atoms with van der Waals surface area (Å²) in [6, 6.07) is 12.8. The van der Waals surface area contributed by atoms with E-state index in [4.69, 9.17) is 16.3 Å². The summed E-state index contributed by atoms with van der Waals surface area (Å²) < 4.78 is 41.8. The highest BCUT2D eigenvalue weighted by Gasteiger charge is 2.28. The maximum atomic E-state index is 12.3. The molecule has 0 spiro atoms. The molecule has 0 aliphatic rings. The standard InChI is InChI=1S/C17H12ClF3O/c1-10-15-8-13-7-14(18)4-2-11(13)6-12(15)3-5-16(10)22-9-17(19,20)21/h2-8H,9H2,1H3. The number of hydrogen-bond donors (Lipinski definition) is 0. The zero-order chi connectivity index (χ0) is 15.9. The van der Waals surface area contributed by atoms with Gasteiger partial charge < -0.3 is 4.74 Å². The highest BCUT2D eigenvalue weighted by Crippen LogP contribution is 2.32. The van der Waals surface area contributed by atoms with Crippen LogP contribution in [0.2, 0.25) is 5.02 Å². The lowest BCUT2D eigenvalue weighted by Crippen LogP contribution is -2.19. The van der Waals surface area contributed by atoms with Gasteiger partial charge in [-0.1, -0.05) is 23.7 Å². The van der Waals surface area contributed by atoms with Crippen LogP contribution in [0, 0.1) is 6.92 Å². The molecule has 1 nitrogen and oxygen atoms in total. The summed E-state index contributed by atoms with van der Waals surface area (Å²) in [5.41, 5.74) is 0.684. The predicted molar refractivity (Wildman–Crippen MR) is 82.8 cm³/mol. The van der Waals surface area contributed by atoms with Crippen molar-refractivity contribution < 1.29 is 17.9 Å². The van der Waals surface area contributed by atoms with E-state index in [9.17, 15) is 13.2 Å². The maximum absolute atomic E-state index is 12.3. The largest absolute Gasteiger partial charge is 0.484 e. The van der Waals surface area contributed by atoms with Gasteiger partial charge in [0, 0.05) is 5.02 Å². The maximum Gasteiger partial charge on any atom is 0.422 e. The molecule has 0 aliphatic heterocycles. The Morgan fingerprint density at radius 3 is 2.41 bits per heavy atom. The number of aryl methyl sites for hydroxylation is 1. The smallest absolute Gasteiger partial charge is 0.422 e. The van der Waals surface area contributed by atoms with Crippen molar-refractivity contribution >= 4 is 33.1 Å². The van der Waals surface area contributed by atoms with Crippen LogP contribution in [0.25, 0.3) is 21.5 Å². The first-order valence-corrected chi connectivity index (χ1v) is 7.03. The molecule has 3 aromatic carbocycles. The van der Waals surface area contributed by atoms with Gasteiger partial charge in [-0.25, -0.2) is 0 Å². The monoisotopic (exact) mass is 324 g/mol. The van der Waals surface area contributed by atoms with Gasteiger partial charge >= 0.3 is 6.18 Å². The van der Waals surface area contributed by atoms with Gasteiger partial charge in [0.25, 0.3) is 0 Å². The average molecular weight is 325 g/mol. The summed E-state index contributed by atoms with van der Waals surface area (Å²) in [7, 11) is 0. The zero-order valence-electron chi connectivity index (χ0n) is 11.7. The third-order valence-electron chi connectivity index (χ3n) is 3.55. The molecule has 114 valence electrons. The summed E-state index contributed by atoms with van der Waals surface area (Å²) in [5.74, 6) is 0.242. The summed E-state index contributed by atoms with van der Waals surface area (Å²) >= 11 is 5.99. The number of halogens is 4. The number of rotatable bonds is 2. The van der Waals surface area contributed by atoms with Crippen LogP contribution in [0.4, 0.5) is 13.2 Å². The second kappa shape index (κ2) is 5.36. The molecule has 0 N–H and O–H groups in total. The molecule has 0 bridgehead atoms. The highest BCUT2D eigenvalue weighted by atomic mass is 35.5. The summed E-state index contributed by atoms with van der Waals surface area (Å²) in [6.45, 7) is 0.461. The molecule has 22 heavy (non-hydrogen) atoms. The van der Waals surface area contributed by atoms with E-state index in [-0.39, 0.29) is 5.75 Å². The SMILES string of the molecule is Cc1c(OCC(F)(F)F)ccc2cc3ccc(Cl)cc3cc12. The molecule has 0 atom stereocenters. The van der Waals surface area contributed by atoms with Gasteiger partial charge in [-0.2, -0.15) is 13.2 Å². The molecule has 0 heterocycles. The van der Waals surface area contributed by atoms with Gasteiger partial charge in [-0.3, -0.25) is 0 Å². The van der Waals surface area contributed by atoms with Crippen LogP contribution in [-0.2, 0) is 0 Å². The van der Waals surface area contributed by atoms with Crippen molar-refractivity contribution in [3.63, 3.8) is 0 Å². The first kappa shape index (κ1) is 15.0.